The van der Waals surface area contributed by atoms with E-state index in [1.807, 2.05) is 4.83 Å². The molecule has 0 saturated heterocycles. The van der Waals surface area contributed by atoms with Crippen molar-refractivity contribution in [3.05, 3.63) is 60.9 Å². The van der Waals surface area contributed by atoms with Gasteiger partial charge in [-0.15, -0.1) is 5.43 Å². The molecule has 1 aromatic heterocycles. The first-order valence-corrected chi connectivity index (χ1v) is 6.91. The van der Waals surface area contributed by atoms with E-state index in [4.69, 9.17) is 0 Å². The normalized spacial score (nSPS) is 10.9. The van der Waals surface area contributed by atoms with Crippen molar-refractivity contribution in [1.29, 1.82) is 0 Å². The van der Waals surface area contributed by atoms with Crippen LogP contribution in [-0.2, 0) is 10.0 Å². The first kappa shape index (κ1) is 13.2. The van der Waals surface area contributed by atoms with Gasteiger partial charge in [0.15, 0.2) is 0 Å². The molecule has 0 aliphatic carbocycles. The maximum Gasteiger partial charge on any atom is 0.514 e. The molecule has 0 fully saturated rings. The van der Waals surface area contributed by atoms with Crippen molar-refractivity contribution in [1.82, 2.24) is 10.3 Å². The molecule has 0 aliphatic rings. The van der Waals surface area contributed by atoms with Crippen LogP contribution in [0.2, 0.25) is 0 Å². The van der Waals surface area contributed by atoms with Crippen molar-refractivity contribution < 1.29 is 17.8 Å². The Bertz CT molecular complexity index is 657. The predicted octanol–water partition coefficient (Wildman–Crippen LogP) is 0.425. The summed E-state index contributed by atoms with van der Waals surface area (Å²) in [5.74, 6) is 0. The zero-order valence-corrected chi connectivity index (χ0v) is 10.7. The number of nitrogens with zero attached hydrogens (tertiary/aromatic N) is 1. The molecule has 1 amide bonds. The molecule has 0 unspecified atom stereocenters. The van der Waals surface area contributed by atoms with Crippen molar-refractivity contribution in [2.75, 3.05) is 0 Å². The van der Waals surface area contributed by atoms with Gasteiger partial charge in [-0.3, -0.25) is 0 Å². The third kappa shape index (κ3) is 3.36. The zero-order valence-electron chi connectivity index (χ0n) is 9.85. The van der Waals surface area contributed by atoms with Crippen LogP contribution in [0, 0.1) is 0 Å². The number of rotatable bonds is 3. The molecule has 0 aliphatic heterocycles. The minimum Gasteiger partial charge on any atom is -0.204 e. The lowest BCUT2D eigenvalue weighted by atomic mass is 10.4. The van der Waals surface area contributed by atoms with Gasteiger partial charge in [-0.05, 0) is 29.1 Å². The largest absolute Gasteiger partial charge is 0.514 e. The lowest BCUT2D eigenvalue weighted by Gasteiger charge is -2.03. The summed E-state index contributed by atoms with van der Waals surface area (Å²) < 4.78 is 24.9. The highest BCUT2D eigenvalue weighted by molar-refractivity contribution is 7.89. The molecule has 98 valence electrons. The summed E-state index contributed by atoms with van der Waals surface area (Å²) in [5.41, 5.74) is 2.12. The molecule has 0 bridgehead atoms. The smallest absolute Gasteiger partial charge is 0.204 e. The Hall–Kier alpha value is -2.25. The lowest BCUT2D eigenvalue weighted by molar-refractivity contribution is -0.572. The maximum atomic E-state index is 11.8. The monoisotopic (exact) mass is 278 g/mol. The Morgan fingerprint density at radius 1 is 0.947 bits per heavy atom. The van der Waals surface area contributed by atoms with Gasteiger partial charge in [-0.1, -0.05) is 24.3 Å². The number of aromatic nitrogens is 1. The SMILES string of the molecule is O=C(NNS(=O)(=O)c1ccccc1)[n+]1ccccc1. The van der Waals surface area contributed by atoms with Crippen LogP contribution in [0.3, 0.4) is 0 Å². The molecule has 0 radical (unpaired) electrons. The third-order valence-electron chi connectivity index (χ3n) is 2.30. The lowest BCUT2D eigenvalue weighted by Crippen LogP contribution is -2.55. The zero-order chi connectivity index (χ0) is 13.7. The number of hydrazine groups is 1. The van der Waals surface area contributed by atoms with Gasteiger partial charge in [0.1, 0.15) is 0 Å². The molecule has 0 atom stereocenters. The van der Waals surface area contributed by atoms with Crippen LogP contribution < -0.4 is 14.8 Å². The standard InChI is InChI=1S/C12H11N3O3S/c16-12(15-9-5-2-6-10-15)13-14-19(17,18)11-7-3-1-4-8-11/h1-10,14H/p+1. The highest BCUT2D eigenvalue weighted by Gasteiger charge is 2.19. The first-order chi connectivity index (χ1) is 9.09. The van der Waals surface area contributed by atoms with E-state index in [1.54, 1.807) is 36.4 Å². The maximum absolute atomic E-state index is 11.8. The number of amides is 1. The summed E-state index contributed by atoms with van der Waals surface area (Å²) in [4.78, 5) is 13.8. The minimum absolute atomic E-state index is 0.0772. The van der Waals surface area contributed by atoms with E-state index in [-0.39, 0.29) is 4.90 Å². The number of hydrogen-bond acceptors (Lipinski definition) is 3. The topological polar surface area (TPSA) is 79.2 Å². The number of nitrogens with one attached hydrogen (secondary N) is 2. The van der Waals surface area contributed by atoms with E-state index in [9.17, 15) is 13.2 Å². The van der Waals surface area contributed by atoms with Crippen molar-refractivity contribution in [2.24, 2.45) is 0 Å². The molecule has 2 rings (SSSR count). The Morgan fingerprint density at radius 3 is 2.16 bits per heavy atom. The Kier molecular flexibility index (Phi) is 3.88. The fourth-order valence-electron chi connectivity index (χ4n) is 1.37. The van der Waals surface area contributed by atoms with E-state index < -0.39 is 16.1 Å². The minimum atomic E-state index is -3.76. The van der Waals surface area contributed by atoms with E-state index in [1.165, 1.54) is 29.1 Å². The van der Waals surface area contributed by atoms with Gasteiger partial charge in [0, 0.05) is 0 Å². The van der Waals surface area contributed by atoms with Gasteiger partial charge in [-0.25, -0.2) is 8.42 Å². The summed E-state index contributed by atoms with van der Waals surface area (Å²) >= 11 is 0. The van der Waals surface area contributed by atoms with E-state index >= 15 is 0 Å². The molecule has 2 aromatic rings. The van der Waals surface area contributed by atoms with Gasteiger partial charge in [0.05, 0.1) is 17.3 Å². The molecular weight excluding hydrogens is 266 g/mol. The molecular formula is C12H12N3O3S+. The van der Waals surface area contributed by atoms with Gasteiger partial charge in [-0.2, -0.15) is 9.36 Å². The average molecular weight is 278 g/mol. The number of pyridine rings is 1. The Balaban J connectivity index is 2.05. The second-order valence-corrected chi connectivity index (χ2v) is 5.31. The van der Waals surface area contributed by atoms with Crippen LogP contribution >= 0.6 is 0 Å². The fraction of sp³-hybridized carbons (Fsp3) is 0. The van der Waals surface area contributed by atoms with Crippen molar-refractivity contribution in [2.45, 2.75) is 4.90 Å². The number of carbonyl (C=O) groups is 1. The fourth-order valence-corrected chi connectivity index (χ4v) is 2.22. The number of sulfonamides is 1. The van der Waals surface area contributed by atoms with Crippen LogP contribution in [0.15, 0.2) is 65.8 Å². The van der Waals surface area contributed by atoms with Gasteiger partial charge in [0.2, 0.25) is 0 Å². The van der Waals surface area contributed by atoms with E-state index in [0.29, 0.717) is 0 Å². The summed E-state index contributed by atoms with van der Waals surface area (Å²) in [6, 6.07) is 12.2. The first-order valence-electron chi connectivity index (χ1n) is 5.43. The number of carbonyl (C=O) groups excluding carboxylic acids is 1. The van der Waals surface area contributed by atoms with Crippen LogP contribution in [0.1, 0.15) is 0 Å². The second-order valence-electron chi connectivity index (χ2n) is 3.63. The predicted molar refractivity (Wildman–Crippen MR) is 67.3 cm³/mol. The Labute approximate surface area is 110 Å². The van der Waals surface area contributed by atoms with Crippen LogP contribution in [-0.4, -0.2) is 14.4 Å². The molecule has 0 saturated carbocycles. The molecule has 0 spiro atoms. The average Bonchev–Trinajstić information content (AvgIpc) is 2.47. The Morgan fingerprint density at radius 2 is 1.53 bits per heavy atom. The van der Waals surface area contributed by atoms with E-state index in [0.717, 1.165) is 0 Å². The second kappa shape index (κ2) is 5.59. The quantitative estimate of drug-likeness (QED) is 0.631. The highest BCUT2D eigenvalue weighted by atomic mass is 32.2. The van der Waals surface area contributed by atoms with Crippen LogP contribution in [0.5, 0.6) is 0 Å². The number of benzene rings is 1. The summed E-state index contributed by atoms with van der Waals surface area (Å²) in [7, 11) is -3.76. The van der Waals surface area contributed by atoms with Gasteiger partial charge >= 0.3 is 6.03 Å². The molecule has 2 N–H and O–H groups in total. The third-order valence-corrected chi connectivity index (χ3v) is 3.56. The highest BCUT2D eigenvalue weighted by Crippen LogP contribution is 2.05. The summed E-state index contributed by atoms with van der Waals surface area (Å²) in [5, 5.41) is 0. The van der Waals surface area contributed by atoms with Crippen molar-refractivity contribution in [3.63, 3.8) is 0 Å². The van der Waals surface area contributed by atoms with E-state index in [2.05, 4.69) is 5.43 Å². The number of hydrogen-bond donors (Lipinski definition) is 2. The van der Waals surface area contributed by atoms with Crippen molar-refractivity contribution in [3.8, 4) is 0 Å². The van der Waals surface area contributed by atoms with Gasteiger partial charge in [0.25, 0.3) is 10.0 Å². The van der Waals surface area contributed by atoms with Crippen LogP contribution in [0.25, 0.3) is 0 Å². The molecule has 1 aromatic carbocycles. The van der Waals surface area contributed by atoms with Gasteiger partial charge < -0.3 is 0 Å². The summed E-state index contributed by atoms with van der Waals surface area (Å²) in [6.45, 7) is 0. The van der Waals surface area contributed by atoms with Crippen molar-refractivity contribution >= 4 is 16.1 Å². The molecule has 1 heterocycles. The molecule has 7 heteroatoms. The molecule has 19 heavy (non-hydrogen) atoms. The van der Waals surface area contributed by atoms with Crippen LogP contribution in [0.4, 0.5) is 4.79 Å². The molecule has 6 nitrogen and oxygen atoms in total. The summed E-state index contributed by atoms with van der Waals surface area (Å²) in [6.07, 6.45) is 3.01.